The summed E-state index contributed by atoms with van der Waals surface area (Å²) >= 11 is 6.03. The summed E-state index contributed by atoms with van der Waals surface area (Å²) in [6.07, 6.45) is 0. The van der Waals surface area contributed by atoms with Gasteiger partial charge in [0.15, 0.2) is 0 Å². The van der Waals surface area contributed by atoms with Crippen molar-refractivity contribution in [3.63, 3.8) is 0 Å². The second kappa shape index (κ2) is 9.69. The monoisotopic (exact) mass is 479 g/mol. The summed E-state index contributed by atoms with van der Waals surface area (Å²) in [4.78, 5) is 27.4. The van der Waals surface area contributed by atoms with Gasteiger partial charge in [0.2, 0.25) is 0 Å². The summed E-state index contributed by atoms with van der Waals surface area (Å²) in [7, 11) is 0. The molecular formula is C27H23ClFNO4. The first-order valence-corrected chi connectivity index (χ1v) is 11.2. The summed E-state index contributed by atoms with van der Waals surface area (Å²) in [6.45, 7) is 4.61. The molecule has 1 unspecified atom stereocenters. The molecule has 1 atom stereocenters. The van der Waals surface area contributed by atoms with E-state index in [0.29, 0.717) is 34.4 Å². The smallest absolute Gasteiger partial charge is 0.300 e. The minimum Gasteiger partial charge on any atom is -0.507 e. The quantitative estimate of drug-likeness (QED) is 0.262. The molecule has 0 bridgehead atoms. The molecule has 1 aliphatic heterocycles. The van der Waals surface area contributed by atoms with Crippen LogP contribution in [0.15, 0.2) is 78.4 Å². The van der Waals surface area contributed by atoms with Gasteiger partial charge in [-0.25, -0.2) is 4.39 Å². The van der Waals surface area contributed by atoms with Crippen molar-refractivity contribution in [3.05, 3.63) is 100 Å². The molecule has 1 aliphatic rings. The molecule has 0 aliphatic carbocycles. The largest absolute Gasteiger partial charge is 0.507 e. The number of nitrogens with zero attached hydrogens (tertiary/aromatic N) is 1. The van der Waals surface area contributed by atoms with E-state index in [1.54, 1.807) is 48.5 Å². The van der Waals surface area contributed by atoms with Crippen LogP contribution in [0.5, 0.6) is 5.75 Å². The van der Waals surface area contributed by atoms with Crippen LogP contribution in [0.3, 0.4) is 0 Å². The fourth-order valence-corrected chi connectivity index (χ4v) is 3.94. The lowest BCUT2D eigenvalue weighted by Crippen LogP contribution is -2.29. The van der Waals surface area contributed by atoms with E-state index in [4.69, 9.17) is 16.3 Å². The Hall–Kier alpha value is -3.64. The molecule has 1 N–H and O–H groups in total. The molecular weight excluding hydrogens is 457 g/mol. The maximum atomic E-state index is 14.0. The maximum absolute atomic E-state index is 14.0. The third-order valence-corrected chi connectivity index (χ3v) is 5.68. The van der Waals surface area contributed by atoms with Gasteiger partial charge in [-0.15, -0.1) is 0 Å². The summed E-state index contributed by atoms with van der Waals surface area (Å²) in [6, 6.07) is 17.7. The van der Waals surface area contributed by atoms with Gasteiger partial charge in [-0.3, -0.25) is 14.5 Å². The van der Waals surface area contributed by atoms with Crippen molar-refractivity contribution >= 4 is 34.7 Å². The zero-order valence-corrected chi connectivity index (χ0v) is 19.4. The molecule has 3 aromatic rings. The highest BCUT2D eigenvalue weighted by molar-refractivity contribution is 6.51. The van der Waals surface area contributed by atoms with Crippen molar-refractivity contribution in [2.45, 2.75) is 19.9 Å². The second-order valence-electron chi connectivity index (χ2n) is 8.43. The lowest BCUT2D eigenvalue weighted by molar-refractivity contribution is -0.132. The summed E-state index contributed by atoms with van der Waals surface area (Å²) < 4.78 is 19.7. The molecule has 1 saturated heterocycles. The highest BCUT2D eigenvalue weighted by Gasteiger charge is 2.47. The molecule has 7 heteroatoms. The Kier molecular flexibility index (Phi) is 6.70. The lowest BCUT2D eigenvalue weighted by atomic mass is 9.95. The minimum atomic E-state index is -0.962. The van der Waals surface area contributed by atoms with Gasteiger partial charge in [0, 0.05) is 16.3 Å². The highest BCUT2D eigenvalue weighted by Crippen LogP contribution is 2.42. The van der Waals surface area contributed by atoms with E-state index in [1.165, 1.54) is 29.2 Å². The zero-order chi connectivity index (χ0) is 24.4. The van der Waals surface area contributed by atoms with Gasteiger partial charge >= 0.3 is 0 Å². The Morgan fingerprint density at radius 3 is 2.35 bits per heavy atom. The molecule has 1 fully saturated rings. The number of amides is 1. The Bertz CT molecular complexity index is 1250. The highest BCUT2D eigenvalue weighted by atomic mass is 35.5. The number of rotatable bonds is 6. The van der Waals surface area contributed by atoms with Crippen molar-refractivity contribution < 1.29 is 23.8 Å². The third-order valence-electron chi connectivity index (χ3n) is 5.43. The Labute approximate surface area is 202 Å². The summed E-state index contributed by atoms with van der Waals surface area (Å²) in [5.41, 5.74) is 1.02. The van der Waals surface area contributed by atoms with E-state index < -0.39 is 23.5 Å². The van der Waals surface area contributed by atoms with Gasteiger partial charge in [-0.1, -0.05) is 43.6 Å². The molecule has 0 saturated carbocycles. The van der Waals surface area contributed by atoms with Crippen molar-refractivity contribution in [1.29, 1.82) is 0 Å². The van der Waals surface area contributed by atoms with Crippen LogP contribution in [0.2, 0.25) is 5.02 Å². The average Bonchev–Trinajstić information content (AvgIpc) is 3.08. The standard InChI is InChI=1S/C27H23ClFNO4/c1-16(2)15-34-22-12-8-18(9-13-22)25(31)23-24(17-6-10-19(28)11-7-17)30(27(33)26(23)32)21-5-3-4-20(29)14-21/h3-14,16,24,31H,15H2,1-2H3/b25-23+. The SMILES string of the molecule is CC(C)COc1ccc(/C(O)=C2\C(=O)C(=O)N(c3cccc(F)c3)C2c2ccc(Cl)cc2)cc1. The van der Waals surface area contributed by atoms with Crippen LogP contribution in [0, 0.1) is 11.7 Å². The molecule has 3 aromatic carbocycles. The normalized spacial score (nSPS) is 17.4. The minimum absolute atomic E-state index is 0.0903. The summed E-state index contributed by atoms with van der Waals surface area (Å²) in [5.74, 6) is -1.62. The molecule has 1 amide bonds. The van der Waals surface area contributed by atoms with Crippen LogP contribution in [0.4, 0.5) is 10.1 Å². The van der Waals surface area contributed by atoms with Crippen molar-refractivity contribution in [2.24, 2.45) is 5.92 Å². The average molecular weight is 480 g/mol. The van der Waals surface area contributed by atoms with Gasteiger partial charge in [0.05, 0.1) is 18.2 Å². The molecule has 4 rings (SSSR count). The predicted octanol–water partition coefficient (Wildman–Crippen LogP) is 6.14. The van der Waals surface area contributed by atoms with Crippen LogP contribution < -0.4 is 9.64 Å². The Morgan fingerprint density at radius 2 is 1.74 bits per heavy atom. The summed E-state index contributed by atoms with van der Waals surface area (Å²) in [5, 5.41) is 11.6. The number of carbonyl (C=O) groups is 2. The van der Waals surface area contributed by atoms with Gasteiger partial charge in [0.25, 0.3) is 11.7 Å². The number of hydrogen-bond donors (Lipinski definition) is 1. The predicted molar refractivity (Wildman–Crippen MR) is 129 cm³/mol. The fraction of sp³-hybridized carbons (Fsp3) is 0.185. The Balaban J connectivity index is 1.82. The van der Waals surface area contributed by atoms with Crippen molar-refractivity contribution in [3.8, 4) is 5.75 Å². The number of Topliss-reactive ketones (excluding diaryl/α,β-unsaturated/α-hetero) is 1. The van der Waals surface area contributed by atoms with Crippen molar-refractivity contribution in [1.82, 2.24) is 0 Å². The second-order valence-corrected chi connectivity index (χ2v) is 8.87. The van der Waals surface area contributed by atoms with Crippen LogP contribution in [0.1, 0.15) is 31.0 Å². The van der Waals surface area contributed by atoms with Crippen LogP contribution >= 0.6 is 11.6 Å². The van der Waals surface area contributed by atoms with Crippen LogP contribution in [-0.4, -0.2) is 23.4 Å². The molecule has 1 heterocycles. The number of ketones is 1. The molecule has 34 heavy (non-hydrogen) atoms. The number of aliphatic hydroxyl groups excluding tert-OH is 1. The van der Waals surface area contributed by atoms with Crippen LogP contribution in [0.25, 0.3) is 5.76 Å². The first-order valence-electron chi connectivity index (χ1n) is 10.8. The number of anilines is 1. The first-order chi connectivity index (χ1) is 16.3. The molecule has 174 valence electrons. The fourth-order valence-electron chi connectivity index (χ4n) is 3.81. The van der Waals surface area contributed by atoms with E-state index in [1.807, 2.05) is 13.8 Å². The third kappa shape index (κ3) is 4.68. The number of halogens is 2. The number of hydrogen-bond acceptors (Lipinski definition) is 4. The van der Waals surface area contributed by atoms with Gasteiger partial charge in [-0.05, 0) is 66.1 Å². The number of aliphatic hydroxyl groups is 1. The lowest BCUT2D eigenvalue weighted by Gasteiger charge is -2.25. The van der Waals surface area contributed by atoms with Crippen LogP contribution in [-0.2, 0) is 9.59 Å². The van der Waals surface area contributed by atoms with E-state index >= 15 is 0 Å². The van der Waals surface area contributed by atoms with E-state index in [9.17, 15) is 19.1 Å². The molecule has 0 aromatic heterocycles. The van der Waals surface area contributed by atoms with Gasteiger partial charge in [0.1, 0.15) is 17.3 Å². The molecule has 0 spiro atoms. The van der Waals surface area contributed by atoms with E-state index in [2.05, 4.69) is 0 Å². The zero-order valence-electron chi connectivity index (χ0n) is 18.7. The first kappa shape index (κ1) is 23.5. The van der Waals surface area contributed by atoms with E-state index in [0.717, 1.165) is 0 Å². The van der Waals surface area contributed by atoms with Gasteiger partial charge < -0.3 is 9.84 Å². The van der Waals surface area contributed by atoms with Gasteiger partial charge in [-0.2, -0.15) is 0 Å². The number of benzene rings is 3. The number of carbonyl (C=O) groups excluding carboxylic acids is 2. The number of ether oxygens (including phenoxy) is 1. The maximum Gasteiger partial charge on any atom is 0.300 e. The molecule has 5 nitrogen and oxygen atoms in total. The van der Waals surface area contributed by atoms with Crippen molar-refractivity contribution in [2.75, 3.05) is 11.5 Å². The van der Waals surface area contributed by atoms with E-state index in [-0.39, 0.29) is 17.0 Å². The Morgan fingerprint density at radius 1 is 1.06 bits per heavy atom. The molecule has 0 radical (unpaired) electrons. The topological polar surface area (TPSA) is 66.8 Å².